The van der Waals surface area contributed by atoms with E-state index >= 15 is 0 Å². The molecule has 0 radical (unpaired) electrons. The number of carbonyl (C=O) groups is 1. The minimum atomic E-state index is -4.58. The molecule has 2 atom stereocenters. The molecular weight excluding hydrogens is 429 g/mol. The fourth-order valence-corrected chi connectivity index (χ4v) is 3.58. The van der Waals surface area contributed by atoms with Crippen molar-refractivity contribution in [3.63, 3.8) is 0 Å². The standard InChI is InChI=1S/C16H15ClF5N3O2S/c1-3-12(16(20,21)22)24-28(27)8-6-11(25(2)7-8)15(26)23-10-5-4-9(18)13(17)14(10)19/h4-7,12,24H,3H2,1-2H3,(H,23,26)/t12-,28?/m0/s1. The predicted molar refractivity (Wildman–Crippen MR) is 94.4 cm³/mol. The molecule has 0 aliphatic rings. The molecule has 1 aromatic carbocycles. The Morgan fingerprint density at radius 2 is 2.00 bits per heavy atom. The van der Waals surface area contributed by atoms with Gasteiger partial charge in [0.25, 0.3) is 5.91 Å². The van der Waals surface area contributed by atoms with E-state index in [1.165, 1.54) is 24.7 Å². The van der Waals surface area contributed by atoms with Crippen LogP contribution in [-0.4, -0.2) is 27.2 Å². The van der Waals surface area contributed by atoms with Gasteiger partial charge in [0, 0.05) is 13.1 Å². The van der Waals surface area contributed by atoms with Crippen molar-refractivity contribution in [1.82, 2.24) is 9.29 Å². The summed E-state index contributed by atoms with van der Waals surface area (Å²) in [6.45, 7) is 1.29. The highest BCUT2D eigenvalue weighted by atomic mass is 35.5. The highest BCUT2D eigenvalue weighted by Crippen LogP contribution is 2.27. The van der Waals surface area contributed by atoms with Gasteiger partial charge in [0.05, 0.1) is 23.2 Å². The third-order valence-corrected chi connectivity index (χ3v) is 5.26. The first-order valence-corrected chi connectivity index (χ1v) is 9.34. The van der Waals surface area contributed by atoms with Gasteiger partial charge < -0.3 is 14.4 Å². The second-order valence-electron chi connectivity index (χ2n) is 5.74. The Hall–Kier alpha value is -1.82. The lowest BCUT2D eigenvalue weighted by molar-refractivity contribution is -0.151. The van der Waals surface area contributed by atoms with Gasteiger partial charge in [-0.05, 0) is 18.6 Å². The van der Waals surface area contributed by atoms with Crippen LogP contribution in [0.1, 0.15) is 23.8 Å². The summed E-state index contributed by atoms with van der Waals surface area (Å²) in [5.41, 5.74) is -0.494. The zero-order valence-electron chi connectivity index (χ0n) is 14.5. The van der Waals surface area contributed by atoms with Crippen LogP contribution in [-0.2, 0) is 18.4 Å². The number of halogens is 6. The van der Waals surface area contributed by atoms with E-state index in [9.17, 15) is 31.3 Å². The Kier molecular flexibility index (Phi) is 6.97. The summed E-state index contributed by atoms with van der Waals surface area (Å²) in [6, 6.07) is 0.942. The molecule has 0 aliphatic heterocycles. The van der Waals surface area contributed by atoms with Gasteiger partial charge in [0.2, 0.25) is 0 Å². The number of hydrogen-bond donors (Lipinski definition) is 2. The lowest BCUT2D eigenvalue weighted by Crippen LogP contribution is -2.44. The molecule has 0 bridgehead atoms. The van der Waals surface area contributed by atoms with E-state index in [1.54, 1.807) is 0 Å². The van der Waals surface area contributed by atoms with Crippen molar-refractivity contribution in [2.45, 2.75) is 30.5 Å². The number of anilines is 1. The van der Waals surface area contributed by atoms with E-state index in [4.69, 9.17) is 11.6 Å². The summed E-state index contributed by atoms with van der Waals surface area (Å²) in [6.07, 6.45) is -3.71. The second kappa shape index (κ2) is 8.68. The molecule has 2 aromatic rings. The number of hydrogen-bond acceptors (Lipinski definition) is 3. The zero-order chi connectivity index (χ0) is 21.2. The summed E-state index contributed by atoms with van der Waals surface area (Å²) in [4.78, 5) is 12.2. The highest BCUT2D eigenvalue weighted by molar-refractivity contribution is 7.89. The maximum absolute atomic E-state index is 13.9. The van der Waals surface area contributed by atoms with Crippen LogP contribution < -0.4 is 10.0 Å². The number of nitrogens with zero attached hydrogens (tertiary/aromatic N) is 1. The first-order valence-electron chi connectivity index (χ1n) is 7.81. The summed E-state index contributed by atoms with van der Waals surface area (Å²) >= 11 is 3.20. The van der Waals surface area contributed by atoms with E-state index in [0.717, 1.165) is 18.2 Å². The van der Waals surface area contributed by atoms with Gasteiger partial charge in [-0.15, -0.1) is 4.72 Å². The number of nitrogens with one attached hydrogen (secondary N) is 2. The molecule has 1 aromatic heterocycles. The number of benzene rings is 1. The maximum Gasteiger partial charge on any atom is 0.408 e. The van der Waals surface area contributed by atoms with Crippen LogP contribution in [0.15, 0.2) is 29.3 Å². The lowest BCUT2D eigenvalue weighted by Gasteiger charge is -2.20. The van der Waals surface area contributed by atoms with Gasteiger partial charge in [-0.2, -0.15) is 13.2 Å². The molecule has 1 unspecified atom stereocenters. The molecule has 12 heteroatoms. The minimum absolute atomic E-state index is 0.0760. The largest absolute Gasteiger partial charge is 0.593 e. The number of alkyl halides is 3. The third kappa shape index (κ3) is 4.96. The van der Waals surface area contributed by atoms with Crippen molar-refractivity contribution < 1.29 is 31.3 Å². The quantitative estimate of drug-likeness (QED) is 0.400. The first kappa shape index (κ1) is 22.5. The van der Waals surface area contributed by atoms with Crippen molar-refractivity contribution in [2.75, 3.05) is 5.32 Å². The number of rotatable bonds is 6. The molecule has 0 saturated carbocycles. The van der Waals surface area contributed by atoms with Crippen molar-refractivity contribution >= 4 is 34.6 Å². The molecule has 2 N–H and O–H groups in total. The fourth-order valence-electron chi connectivity index (χ4n) is 2.25. The van der Waals surface area contributed by atoms with Crippen LogP contribution in [0.2, 0.25) is 5.02 Å². The van der Waals surface area contributed by atoms with Crippen molar-refractivity contribution in [3.8, 4) is 0 Å². The molecule has 2 rings (SSSR count). The van der Waals surface area contributed by atoms with Gasteiger partial charge in [0.1, 0.15) is 22.6 Å². The average Bonchev–Trinajstić information content (AvgIpc) is 3.01. The molecule has 0 spiro atoms. The van der Waals surface area contributed by atoms with Crippen LogP contribution in [0.4, 0.5) is 27.6 Å². The molecule has 28 heavy (non-hydrogen) atoms. The number of amides is 1. The smallest absolute Gasteiger partial charge is 0.408 e. The minimum Gasteiger partial charge on any atom is -0.593 e. The summed E-state index contributed by atoms with van der Waals surface area (Å²) in [7, 11) is 1.39. The molecule has 1 heterocycles. The lowest BCUT2D eigenvalue weighted by atomic mass is 10.2. The summed E-state index contributed by atoms with van der Waals surface area (Å²) in [5.74, 6) is -3.03. The fraction of sp³-hybridized carbons (Fsp3) is 0.312. The number of aromatic nitrogens is 1. The molecule has 5 nitrogen and oxygen atoms in total. The van der Waals surface area contributed by atoms with Crippen LogP contribution in [0, 0.1) is 11.6 Å². The normalized spacial score (nSPS) is 14.0. The average molecular weight is 444 g/mol. The Labute approximate surface area is 165 Å². The van der Waals surface area contributed by atoms with Crippen LogP contribution >= 0.6 is 11.6 Å². The van der Waals surface area contributed by atoms with Crippen molar-refractivity contribution in [1.29, 1.82) is 0 Å². The van der Waals surface area contributed by atoms with Crippen LogP contribution in [0.3, 0.4) is 0 Å². The Morgan fingerprint density at radius 1 is 1.36 bits per heavy atom. The summed E-state index contributed by atoms with van der Waals surface area (Å²) < 4.78 is 80.9. The first-order chi connectivity index (χ1) is 13.0. The van der Waals surface area contributed by atoms with Gasteiger partial charge >= 0.3 is 6.18 Å². The second-order valence-corrected chi connectivity index (χ2v) is 7.36. The van der Waals surface area contributed by atoms with Crippen LogP contribution in [0.25, 0.3) is 0 Å². The van der Waals surface area contributed by atoms with Gasteiger partial charge in [0.15, 0.2) is 10.7 Å². The predicted octanol–water partition coefficient (Wildman–Crippen LogP) is 4.16. The van der Waals surface area contributed by atoms with Gasteiger partial charge in [-0.25, -0.2) is 8.78 Å². The van der Waals surface area contributed by atoms with E-state index in [0.29, 0.717) is 0 Å². The zero-order valence-corrected chi connectivity index (χ0v) is 16.1. The molecular formula is C16H15ClF5N3O2S. The van der Waals surface area contributed by atoms with Gasteiger partial charge in [-0.3, -0.25) is 4.79 Å². The Bertz CT molecular complexity index is 875. The van der Waals surface area contributed by atoms with E-state index in [-0.39, 0.29) is 22.7 Å². The highest BCUT2D eigenvalue weighted by Gasteiger charge is 2.41. The molecule has 154 valence electrons. The monoisotopic (exact) mass is 443 g/mol. The molecule has 0 aliphatic carbocycles. The third-order valence-electron chi connectivity index (χ3n) is 3.76. The summed E-state index contributed by atoms with van der Waals surface area (Å²) in [5, 5.41) is 1.38. The number of carbonyl (C=O) groups excluding carboxylic acids is 1. The van der Waals surface area contributed by atoms with Gasteiger partial charge in [-0.1, -0.05) is 18.5 Å². The number of aryl methyl sites for hydroxylation is 1. The maximum atomic E-state index is 13.9. The molecule has 0 fully saturated rings. The van der Waals surface area contributed by atoms with Crippen molar-refractivity contribution in [3.05, 3.63) is 46.7 Å². The molecule has 0 saturated heterocycles. The Balaban J connectivity index is 2.19. The SMILES string of the molecule is CC[C@H](N[S+]([O-])c1cc(C(=O)Nc2ccc(F)c(Cl)c2F)n(C)c1)C(F)(F)F. The molecule has 1 amide bonds. The Morgan fingerprint density at radius 3 is 2.57 bits per heavy atom. The van der Waals surface area contributed by atoms with E-state index in [1.807, 2.05) is 4.72 Å². The van der Waals surface area contributed by atoms with E-state index in [2.05, 4.69) is 5.32 Å². The topological polar surface area (TPSA) is 69.1 Å². The van der Waals surface area contributed by atoms with Crippen molar-refractivity contribution in [2.24, 2.45) is 7.05 Å². The van der Waals surface area contributed by atoms with Crippen LogP contribution in [0.5, 0.6) is 0 Å². The van der Waals surface area contributed by atoms with E-state index < -0.39 is 46.1 Å².